The van der Waals surface area contributed by atoms with E-state index < -0.39 is 16.2 Å². The van der Waals surface area contributed by atoms with Crippen molar-refractivity contribution in [2.24, 2.45) is 0 Å². The highest BCUT2D eigenvalue weighted by Crippen LogP contribution is 2.22. The molecule has 1 aliphatic rings. The van der Waals surface area contributed by atoms with Gasteiger partial charge in [-0.3, -0.25) is 4.72 Å². The van der Waals surface area contributed by atoms with Crippen LogP contribution in [0.3, 0.4) is 0 Å². The maximum atomic E-state index is 12.3. The molecule has 1 aromatic heterocycles. The lowest BCUT2D eigenvalue weighted by Crippen LogP contribution is -2.45. The van der Waals surface area contributed by atoms with Gasteiger partial charge in [-0.15, -0.1) is 0 Å². The van der Waals surface area contributed by atoms with Gasteiger partial charge in [-0.2, -0.15) is 12.7 Å². The Hall–Kier alpha value is -1.67. The molecule has 0 saturated carbocycles. The summed E-state index contributed by atoms with van der Waals surface area (Å²) in [6, 6.07) is 2.66. The Morgan fingerprint density at radius 1 is 1.50 bits per heavy atom. The second-order valence-corrected chi connectivity index (χ2v) is 6.39. The van der Waals surface area contributed by atoms with Gasteiger partial charge in [0, 0.05) is 18.8 Å². The summed E-state index contributed by atoms with van der Waals surface area (Å²) in [7, 11) is -3.78. The molecule has 0 radical (unpaired) electrons. The summed E-state index contributed by atoms with van der Waals surface area (Å²) in [6.45, 7) is 2.28. The zero-order chi connectivity index (χ0) is 14.8. The lowest BCUT2D eigenvalue weighted by Gasteiger charge is -2.32. The first-order valence-electron chi connectivity index (χ1n) is 6.39. The van der Waals surface area contributed by atoms with Crippen LogP contribution in [0.4, 0.5) is 5.82 Å². The number of hydrogen-bond acceptors (Lipinski definition) is 4. The van der Waals surface area contributed by atoms with Crippen LogP contribution in [0, 0.1) is 0 Å². The highest BCUT2D eigenvalue weighted by atomic mass is 32.2. The van der Waals surface area contributed by atoms with Crippen molar-refractivity contribution in [1.82, 2.24) is 9.29 Å². The minimum Gasteiger partial charge on any atom is -0.478 e. The van der Waals surface area contributed by atoms with Gasteiger partial charge in [-0.1, -0.05) is 6.42 Å². The molecular weight excluding hydrogens is 282 g/mol. The van der Waals surface area contributed by atoms with Crippen molar-refractivity contribution in [3.8, 4) is 0 Å². The molecule has 2 rings (SSSR count). The van der Waals surface area contributed by atoms with E-state index in [-0.39, 0.29) is 17.4 Å². The first-order valence-corrected chi connectivity index (χ1v) is 7.83. The van der Waals surface area contributed by atoms with Gasteiger partial charge < -0.3 is 5.11 Å². The molecule has 0 aromatic carbocycles. The van der Waals surface area contributed by atoms with Crippen molar-refractivity contribution in [3.05, 3.63) is 23.9 Å². The maximum absolute atomic E-state index is 12.3. The third-order valence-electron chi connectivity index (χ3n) is 3.31. The van der Waals surface area contributed by atoms with Gasteiger partial charge >= 0.3 is 16.2 Å². The average molecular weight is 299 g/mol. The molecule has 1 fully saturated rings. The molecule has 8 heteroatoms. The third-order valence-corrected chi connectivity index (χ3v) is 4.93. The number of carboxylic acid groups (broad SMARTS) is 1. The molecule has 2 heterocycles. The third kappa shape index (κ3) is 3.07. The van der Waals surface area contributed by atoms with Crippen LogP contribution in [0.1, 0.15) is 36.5 Å². The summed E-state index contributed by atoms with van der Waals surface area (Å²) in [4.78, 5) is 14.9. The van der Waals surface area contributed by atoms with Gasteiger partial charge in [0.2, 0.25) is 0 Å². The Morgan fingerprint density at radius 2 is 2.25 bits per heavy atom. The fourth-order valence-electron chi connectivity index (χ4n) is 2.27. The standard InChI is InChI=1S/C12H17N3O4S/c1-9-5-2-3-8-15(9)20(18,19)14-11-10(12(16)17)6-4-7-13-11/h4,6-7,9H,2-3,5,8H2,1H3,(H,13,14)(H,16,17). The number of nitrogens with one attached hydrogen (secondary N) is 1. The van der Waals surface area contributed by atoms with Gasteiger partial charge in [0.15, 0.2) is 5.82 Å². The minimum atomic E-state index is -3.78. The molecule has 1 aliphatic heterocycles. The number of hydrogen-bond donors (Lipinski definition) is 2. The molecule has 0 spiro atoms. The number of rotatable bonds is 4. The van der Waals surface area contributed by atoms with Gasteiger partial charge in [-0.25, -0.2) is 9.78 Å². The molecule has 1 aromatic rings. The maximum Gasteiger partial charge on any atom is 0.339 e. The van der Waals surface area contributed by atoms with Crippen LogP contribution in [0.25, 0.3) is 0 Å². The topological polar surface area (TPSA) is 99.6 Å². The molecule has 20 heavy (non-hydrogen) atoms. The molecule has 0 aliphatic carbocycles. The van der Waals surface area contributed by atoms with E-state index in [0.717, 1.165) is 19.3 Å². The molecule has 1 saturated heterocycles. The molecule has 1 unspecified atom stereocenters. The van der Waals surface area contributed by atoms with E-state index in [1.54, 1.807) is 0 Å². The lowest BCUT2D eigenvalue weighted by molar-refractivity contribution is 0.0697. The number of pyridine rings is 1. The van der Waals surface area contributed by atoms with E-state index in [1.165, 1.54) is 22.6 Å². The zero-order valence-electron chi connectivity index (χ0n) is 11.1. The smallest absolute Gasteiger partial charge is 0.339 e. The van der Waals surface area contributed by atoms with Crippen LogP contribution < -0.4 is 4.72 Å². The Balaban J connectivity index is 2.26. The molecular formula is C12H17N3O4S. The van der Waals surface area contributed by atoms with Crippen LogP contribution in [-0.2, 0) is 10.2 Å². The van der Waals surface area contributed by atoms with Crippen molar-refractivity contribution >= 4 is 22.0 Å². The number of aromatic nitrogens is 1. The van der Waals surface area contributed by atoms with E-state index in [1.807, 2.05) is 6.92 Å². The fourth-order valence-corrected chi connectivity index (χ4v) is 3.74. The minimum absolute atomic E-state index is 0.0989. The Labute approximate surface area is 117 Å². The summed E-state index contributed by atoms with van der Waals surface area (Å²) in [6.07, 6.45) is 3.95. The van der Waals surface area contributed by atoms with Crippen molar-refractivity contribution in [2.75, 3.05) is 11.3 Å². The number of carbonyl (C=O) groups is 1. The summed E-state index contributed by atoms with van der Waals surface area (Å²) in [5, 5.41) is 9.04. The van der Waals surface area contributed by atoms with E-state index >= 15 is 0 Å². The average Bonchev–Trinajstić information content (AvgIpc) is 2.39. The predicted octanol–water partition coefficient (Wildman–Crippen LogP) is 1.31. The van der Waals surface area contributed by atoms with Gasteiger partial charge in [0.05, 0.1) is 0 Å². The van der Waals surface area contributed by atoms with Crippen LogP contribution in [0.2, 0.25) is 0 Å². The predicted molar refractivity (Wildman–Crippen MR) is 73.8 cm³/mol. The Morgan fingerprint density at radius 3 is 2.90 bits per heavy atom. The monoisotopic (exact) mass is 299 g/mol. The van der Waals surface area contributed by atoms with Crippen molar-refractivity contribution in [3.63, 3.8) is 0 Å². The summed E-state index contributed by atoms with van der Waals surface area (Å²) in [5.41, 5.74) is -0.166. The first-order chi connectivity index (χ1) is 9.42. The summed E-state index contributed by atoms with van der Waals surface area (Å²) in [5.74, 6) is -1.37. The highest BCUT2D eigenvalue weighted by molar-refractivity contribution is 7.90. The van der Waals surface area contributed by atoms with Crippen molar-refractivity contribution < 1.29 is 18.3 Å². The normalized spacial score (nSPS) is 20.6. The fraction of sp³-hybridized carbons (Fsp3) is 0.500. The zero-order valence-corrected chi connectivity index (χ0v) is 11.9. The van der Waals surface area contributed by atoms with Crippen LogP contribution in [0.5, 0.6) is 0 Å². The number of piperidine rings is 1. The van der Waals surface area contributed by atoms with Crippen LogP contribution >= 0.6 is 0 Å². The van der Waals surface area contributed by atoms with Crippen LogP contribution in [0.15, 0.2) is 18.3 Å². The van der Waals surface area contributed by atoms with Crippen LogP contribution in [-0.4, -0.2) is 41.4 Å². The van der Waals surface area contributed by atoms with E-state index in [9.17, 15) is 13.2 Å². The Bertz CT molecular complexity index is 602. The lowest BCUT2D eigenvalue weighted by atomic mass is 10.1. The molecule has 110 valence electrons. The largest absolute Gasteiger partial charge is 0.478 e. The second-order valence-electron chi connectivity index (χ2n) is 4.77. The number of carboxylic acids is 1. The molecule has 7 nitrogen and oxygen atoms in total. The van der Waals surface area contributed by atoms with E-state index in [4.69, 9.17) is 5.11 Å². The highest BCUT2D eigenvalue weighted by Gasteiger charge is 2.30. The van der Waals surface area contributed by atoms with Gasteiger partial charge in [0.25, 0.3) is 0 Å². The van der Waals surface area contributed by atoms with E-state index in [2.05, 4.69) is 9.71 Å². The number of aromatic carboxylic acids is 1. The van der Waals surface area contributed by atoms with Crippen molar-refractivity contribution in [1.29, 1.82) is 0 Å². The molecule has 2 N–H and O–H groups in total. The summed E-state index contributed by atoms with van der Waals surface area (Å²) < 4.78 is 28.3. The number of nitrogens with zero attached hydrogens (tertiary/aromatic N) is 2. The molecule has 1 atom stereocenters. The van der Waals surface area contributed by atoms with Crippen molar-refractivity contribution in [2.45, 2.75) is 32.2 Å². The number of anilines is 1. The van der Waals surface area contributed by atoms with Gasteiger partial charge in [0.1, 0.15) is 5.56 Å². The molecule has 0 amide bonds. The van der Waals surface area contributed by atoms with E-state index in [0.29, 0.717) is 6.54 Å². The van der Waals surface area contributed by atoms with Gasteiger partial charge in [-0.05, 0) is 31.9 Å². The SMILES string of the molecule is CC1CCCCN1S(=O)(=O)Nc1ncccc1C(=O)O. The molecule has 0 bridgehead atoms. The summed E-state index contributed by atoms with van der Waals surface area (Å²) >= 11 is 0. The first kappa shape index (κ1) is 14.7. The quantitative estimate of drug-likeness (QED) is 0.873. The second kappa shape index (κ2) is 5.76. The Kier molecular flexibility index (Phi) is 4.24.